The summed E-state index contributed by atoms with van der Waals surface area (Å²) in [7, 11) is 0. The molecule has 0 aliphatic rings. The van der Waals surface area contributed by atoms with E-state index in [4.69, 9.17) is 4.74 Å². The third-order valence-electron chi connectivity index (χ3n) is 16.9. The Morgan fingerprint density at radius 1 is 0.350 bits per heavy atom. The maximum Gasteiger partial charge on any atom is 0.305 e. The van der Waals surface area contributed by atoms with Gasteiger partial charge in [-0.2, -0.15) is 0 Å². The molecule has 472 valence electrons. The zero-order valence-electron chi connectivity index (χ0n) is 54.1. The number of hydrogen-bond acceptors (Lipinski definition) is 5. The zero-order valence-corrected chi connectivity index (χ0v) is 54.1. The lowest BCUT2D eigenvalue weighted by Gasteiger charge is -2.20. The monoisotopic (exact) mass is 1120 g/mol. The van der Waals surface area contributed by atoms with Crippen LogP contribution < -0.4 is 5.32 Å². The summed E-state index contributed by atoms with van der Waals surface area (Å²) in [5, 5.41) is 23.3. The van der Waals surface area contributed by atoms with Crippen LogP contribution in [0.15, 0.2) is 36.5 Å². The molecule has 0 saturated carbocycles. The van der Waals surface area contributed by atoms with Crippen molar-refractivity contribution < 1.29 is 24.5 Å². The number of unbranched alkanes of at least 4 members (excludes halogenated alkanes) is 53. The second-order valence-corrected chi connectivity index (χ2v) is 24.9. The predicted octanol–water partition coefficient (Wildman–Crippen LogP) is 23.5. The number of nitrogens with one attached hydrogen (secondary N) is 1. The summed E-state index contributed by atoms with van der Waals surface area (Å²) >= 11 is 0. The molecule has 0 aromatic heterocycles. The van der Waals surface area contributed by atoms with Crippen LogP contribution in [0.4, 0.5) is 0 Å². The highest BCUT2D eigenvalue weighted by Gasteiger charge is 2.18. The van der Waals surface area contributed by atoms with Crippen LogP contribution in [0.1, 0.15) is 399 Å². The van der Waals surface area contributed by atoms with E-state index in [0.717, 1.165) is 51.4 Å². The van der Waals surface area contributed by atoms with E-state index < -0.39 is 12.1 Å². The smallest absolute Gasteiger partial charge is 0.305 e. The average Bonchev–Trinajstić information content (AvgIpc) is 3.46. The van der Waals surface area contributed by atoms with E-state index in [1.54, 1.807) is 6.08 Å². The summed E-state index contributed by atoms with van der Waals surface area (Å²) in [6, 6.07) is -0.631. The second kappa shape index (κ2) is 69.6. The molecule has 2 unspecified atom stereocenters. The van der Waals surface area contributed by atoms with E-state index >= 15 is 0 Å². The molecule has 6 nitrogen and oxygen atoms in total. The van der Waals surface area contributed by atoms with Crippen LogP contribution in [0, 0.1) is 0 Å². The van der Waals surface area contributed by atoms with Crippen molar-refractivity contribution in [3.05, 3.63) is 36.5 Å². The lowest BCUT2D eigenvalue weighted by molar-refractivity contribution is -0.143. The van der Waals surface area contributed by atoms with E-state index in [2.05, 4.69) is 43.5 Å². The first kappa shape index (κ1) is 78.1. The molecular weight excluding hydrogens is 983 g/mol. The molecule has 0 aliphatic carbocycles. The predicted molar refractivity (Wildman–Crippen MR) is 352 cm³/mol. The highest BCUT2D eigenvalue weighted by Crippen LogP contribution is 2.19. The van der Waals surface area contributed by atoms with Crippen LogP contribution in [0.25, 0.3) is 0 Å². The van der Waals surface area contributed by atoms with Gasteiger partial charge in [0.1, 0.15) is 0 Å². The lowest BCUT2D eigenvalue weighted by atomic mass is 10.0. The fourth-order valence-electron chi connectivity index (χ4n) is 11.4. The SMILES string of the molecule is CCCCCC/C=C\C/C=C\CCCCCCCCCC(=O)OCCCCCCCCCCCCCCCCCCCCCCCC(=O)NC(CO)C(O)/C=C/CCCCCCCCCCCCCCCCCCCCCCCC. The van der Waals surface area contributed by atoms with Crippen LogP contribution in [-0.4, -0.2) is 47.4 Å². The Labute approximate surface area is 500 Å². The molecular formula is C74H141NO5. The first-order valence-corrected chi connectivity index (χ1v) is 36.3. The number of ether oxygens (including phenoxy) is 1. The standard InChI is InChI=1S/C74H141NO5/c1-3-5-7-9-11-13-15-17-19-21-23-24-25-26-28-31-34-38-42-46-50-54-58-62-66-72(77)71(70-76)75-73(78)67-63-59-55-51-47-43-39-35-32-29-27-30-33-37-41-45-49-53-57-61-65-69-80-74(79)68-64-60-56-52-48-44-40-36-22-20-18-16-14-12-10-8-6-4-2/h14,16,20,22,62,66,71-72,76-77H,3-13,15,17-19,21,23-61,63-65,67-70H2,1-2H3,(H,75,78)/b16-14-,22-20-,66-62+. The van der Waals surface area contributed by atoms with E-state index in [1.165, 1.54) is 321 Å². The molecule has 2 atom stereocenters. The van der Waals surface area contributed by atoms with E-state index in [0.29, 0.717) is 19.4 Å². The van der Waals surface area contributed by atoms with E-state index in [1.807, 2.05) is 6.08 Å². The van der Waals surface area contributed by atoms with Crippen LogP contribution in [0.2, 0.25) is 0 Å². The third-order valence-corrected chi connectivity index (χ3v) is 16.9. The Kier molecular flexibility index (Phi) is 67.9. The molecule has 0 fully saturated rings. The number of rotatable bonds is 68. The normalized spacial score (nSPS) is 12.7. The molecule has 80 heavy (non-hydrogen) atoms. The summed E-state index contributed by atoms with van der Waals surface area (Å²) in [6.45, 7) is 4.92. The van der Waals surface area contributed by atoms with Gasteiger partial charge >= 0.3 is 5.97 Å². The molecule has 0 saturated heterocycles. The minimum atomic E-state index is -0.847. The van der Waals surface area contributed by atoms with Crippen molar-refractivity contribution in [2.75, 3.05) is 13.2 Å². The number of aliphatic hydroxyl groups is 2. The van der Waals surface area contributed by atoms with Gasteiger partial charge in [0.25, 0.3) is 0 Å². The number of allylic oxidation sites excluding steroid dienone is 5. The molecule has 0 aliphatic heterocycles. The maximum atomic E-state index is 12.5. The number of hydrogen-bond donors (Lipinski definition) is 3. The Balaban J connectivity index is 3.41. The summed E-state index contributed by atoms with van der Waals surface area (Å²) in [6.07, 6.45) is 89.3. The van der Waals surface area contributed by atoms with Crippen LogP contribution in [0.3, 0.4) is 0 Å². The molecule has 3 N–H and O–H groups in total. The van der Waals surface area contributed by atoms with Crippen LogP contribution in [-0.2, 0) is 14.3 Å². The Morgan fingerprint density at radius 2 is 0.625 bits per heavy atom. The van der Waals surface area contributed by atoms with Crippen LogP contribution >= 0.6 is 0 Å². The summed E-state index contributed by atoms with van der Waals surface area (Å²) < 4.78 is 5.50. The largest absolute Gasteiger partial charge is 0.466 e. The van der Waals surface area contributed by atoms with Crippen LogP contribution in [0.5, 0.6) is 0 Å². The van der Waals surface area contributed by atoms with Gasteiger partial charge in [0.15, 0.2) is 0 Å². The van der Waals surface area contributed by atoms with E-state index in [-0.39, 0.29) is 18.5 Å². The molecule has 0 radical (unpaired) electrons. The van der Waals surface area contributed by atoms with Crippen molar-refractivity contribution in [1.29, 1.82) is 0 Å². The zero-order chi connectivity index (χ0) is 57.8. The Bertz CT molecular complexity index is 1300. The van der Waals surface area contributed by atoms with Gasteiger partial charge in [-0.1, -0.05) is 359 Å². The van der Waals surface area contributed by atoms with Gasteiger partial charge in [0.05, 0.1) is 25.4 Å². The van der Waals surface area contributed by atoms with E-state index in [9.17, 15) is 19.8 Å². The van der Waals surface area contributed by atoms with Crippen molar-refractivity contribution in [2.45, 2.75) is 411 Å². The van der Waals surface area contributed by atoms with Crippen molar-refractivity contribution in [2.24, 2.45) is 0 Å². The Hall–Kier alpha value is -1.92. The van der Waals surface area contributed by atoms with Crippen molar-refractivity contribution in [3.63, 3.8) is 0 Å². The molecule has 1 amide bonds. The maximum absolute atomic E-state index is 12.5. The first-order chi connectivity index (χ1) is 39.5. The fourth-order valence-corrected chi connectivity index (χ4v) is 11.4. The van der Waals surface area contributed by atoms with Gasteiger partial charge in [-0.3, -0.25) is 9.59 Å². The van der Waals surface area contributed by atoms with Gasteiger partial charge < -0.3 is 20.3 Å². The molecule has 6 heteroatoms. The quantitative estimate of drug-likeness (QED) is 0.0320. The van der Waals surface area contributed by atoms with Gasteiger partial charge in [0.2, 0.25) is 5.91 Å². The molecule has 0 aromatic carbocycles. The summed E-state index contributed by atoms with van der Waals surface area (Å²) in [5.74, 6) is -0.0600. The van der Waals surface area contributed by atoms with Crippen molar-refractivity contribution >= 4 is 11.9 Å². The topological polar surface area (TPSA) is 95.9 Å². The third kappa shape index (κ3) is 65.2. The number of amides is 1. The summed E-state index contributed by atoms with van der Waals surface area (Å²) in [4.78, 5) is 24.6. The lowest BCUT2D eigenvalue weighted by Crippen LogP contribution is -2.45. The number of esters is 1. The highest BCUT2D eigenvalue weighted by molar-refractivity contribution is 5.76. The Morgan fingerprint density at radius 3 is 0.963 bits per heavy atom. The minimum Gasteiger partial charge on any atom is -0.466 e. The van der Waals surface area contributed by atoms with Crippen molar-refractivity contribution in [1.82, 2.24) is 5.32 Å². The number of aliphatic hydroxyl groups excluding tert-OH is 2. The first-order valence-electron chi connectivity index (χ1n) is 36.3. The fraction of sp³-hybridized carbons (Fsp3) is 0.892. The number of carbonyl (C=O) groups is 2. The van der Waals surface area contributed by atoms with Gasteiger partial charge in [-0.05, 0) is 64.2 Å². The van der Waals surface area contributed by atoms with Gasteiger partial charge in [-0.25, -0.2) is 0 Å². The molecule has 0 aromatic rings. The molecule has 0 spiro atoms. The summed E-state index contributed by atoms with van der Waals surface area (Å²) in [5.41, 5.74) is 0. The van der Waals surface area contributed by atoms with Gasteiger partial charge in [0, 0.05) is 12.8 Å². The highest BCUT2D eigenvalue weighted by atomic mass is 16.5. The molecule has 0 rings (SSSR count). The average molecular weight is 1120 g/mol. The number of carbonyl (C=O) groups excluding carboxylic acids is 2. The van der Waals surface area contributed by atoms with Crippen molar-refractivity contribution in [3.8, 4) is 0 Å². The molecule has 0 bridgehead atoms. The van der Waals surface area contributed by atoms with Gasteiger partial charge in [-0.15, -0.1) is 0 Å². The minimum absolute atomic E-state index is 0.00485. The second-order valence-electron chi connectivity index (χ2n) is 24.9. The molecule has 0 heterocycles.